The normalized spacial score (nSPS) is 9.79. The Kier molecular flexibility index (Phi) is 5.51. The van der Waals surface area contributed by atoms with Crippen molar-refractivity contribution < 1.29 is 9.59 Å². The zero-order valence-corrected chi connectivity index (χ0v) is 10.9. The summed E-state index contributed by atoms with van der Waals surface area (Å²) in [5.41, 5.74) is 0.845. The Labute approximate surface area is 112 Å². The number of likely N-dealkylation sites (N-methyl/N-ethyl adjacent to an activating group) is 1. The van der Waals surface area contributed by atoms with E-state index >= 15 is 0 Å². The average Bonchev–Trinajstić information content (AvgIpc) is 2.38. The fourth-order valence-electron chi connectivity index (χ4n) is 1.33. The summed E-state index contributed by atoms with van der Waals surface area (Å²) in [4.78, 5) is 24.9. The Balaban J connectivity index is 2.50. The SMILES string of the molecule is CN(C)CCNC(=O)C(=O)Nc1cccc(C#N)c1. The number of hydrogen-bond donors (Lipinski definition) is 2. The van der Waals surface area contributed by atoms with Crippen LogP contribution in [0.1, 0.15) is 5.56 Å². The summed E-state index contributed by atoms with van der Waals surface area (Å²) in [6.45, 7) is 1.06. The van der Waals surface area contributed by atoms with E-state index in [9.17, 15) is 9.59 Å². The molecule has 0 bridgehead atoms. The molecule has 0 radical (unpaired) electrons. The van der Waals surface area contributed by atoms with Crippen LogP contribution in [0.2, 0.25) is 0 Å². The molecule has 6 nitrogen and oxygen atoms in total. The standard InChI is InChI=1S/C13H16N4O2/c1-17(2)7-6-15-12(18)13(19)16-11-5-3-4-10(8-11)9-14/h3-5,8H,6-7H2,1-2H3,(H,15,18)(H,16,19). The first-order chi connectivity index (χ1) is 9.02. The highest BCUT2D eigenvalue weighted by molar-refractivity contribution is 6.39. The van der Waals surface area contributed by atoms with Gasteiger partial charge in [-0.05, 0) is 32.3 Å². The Morgan fingerprint density at radius 1 is 1.32 bits per heavy atom. The van der Waals surface area contributed by atoms with Crippen LogP contribution in [0.15, 0.2) is 24.3 Å². The second-order valence-corrected chi connectivity index (χ2v) is 4.21. The number of hydrogen-bond acceptors (Lipinski definition) is 4. The van der Waals surface area contributed by atoms with Gasteiger partial charge in [0.25, 0.3) is 0 Å². The molecule has 0 unspecified atom stereocenters. The molecule has 0 aliphatic heterocycles. The van der Waals surface area contributed by atoms with Crippen LogP contribution in [0.3, 0.4) is 0 Å². The predicted octanol–water partition coefficient (Wildman–Crippen LogP) is 0.175. The number of rotatable bonds is 4. The average molecular weight is 260 g/mol. The highest BCUT2D eigenvalue weighted by atomic mass is 16.2. The lowest BCUT2D eigenvalue weighted by molar-refractivity contribution is -0.136. The van der Waals surface area contributed by atoms with Gasteiger partial charge in [0.2, 0.25) is 0 Å². The van der Waals surface area contributed by atoms with Crippen molar-refractivity contribution in [3.8, 4) is 6.07 Å². The van der Waals surface area contributed by atoms with Crippen LogP contribution in [0.4, 0.5) is 5.69 Å². The van der Waals surface area contributed by atoms with E-state index in [1.807, 2.05) is 25.1 Å². The van der Waals surface area contributed by atoms with E-state index in [0.717, 1.165) is 0 Å². The van der Waals surface area contributed by atoms with Crippen molar-refractivity contribution in [3.05, 3.63) is 29.8 Å². The second-order valence-electron chi connectivity index (χ2n) is 4.21. The van der Waals surface area contributed by atoms with Gasteiger partial charge in [0, 0.05) is 18.8 Å². The summed E-state index contributed by atoms with van der Waals surface area (Å²) in [7, 11) is 3.75. The zero-order chi connectivity index (χ0) is 14.3. The van der Waals surface area contributed by atoms with Crippen LogP contribution >= 0.6 is 0 Å². The zero-order valence-electron chi connectivity index (χ0n) is 10.9. The smallest absolute Gasteiger partial charge is 0.313 e. The molecule has 1 aromatic rings. The number of anilines is 1. The molecule has 100 valence electrons. The minimum absolute atomic E-state index is 0.400. The second kappa shape index (κ2) is 7.13. The Bertz CT molecular complexity index is 506. The van der Waals surface area contributed by atoms with Crippen molar-refractivity contribution in [2.45, 2.75) is 0 Å². The maximum Gasteiger partial charge on any atom is 0.313 e. The maximum atomic E-state index is 11.6. The largest absolute Gasteiger partial charge is 0.347 e. The molecule has 0 aliphatic carbocycles. The van der Waals surface area contributed by atoms with Gasteiger partial charge in [-0.2, -0.15) is 5.26 Å². The van der Waals surface area contributed by atoms with Crippen molar-refractivity contribution in [1.29, 1.82) is 5.26 Å². The van der Waals surface area contributed by atoms with Crippen molar-refractivity contribution in [3.63, 3.8) is 0 Å². The summed E-state index contributed by atoms with van der Waals surface area (Å²) < 4.78 is 0. The number of amides is 2. The quantitative estimate of drug-likeness (QED) is 0.756. The first-order valence-electron chi connectivity index (χ1n) is 5.77. The maximum absolute atomic E-state index is 11.6. The minimum atomic E-state index is -0.742. The van der Waals surface area contributed by atoms with Crippen LogP contribution in [-0.4, -0.2) is 43.9 Å². The first kappa shape index (κ1) is 14.7. The third kappa shape index (κ3) is 5.19. The number of nitrogens with zero attached hydrogens (tertiary/aromatic N) is 2. The van der Waals surface area contributed by atoms with Crippen LogP contribution in [0.25, 0.3) is 0 Å². The fraction of sp³-hybridized carbons (Fsp3) is 0.308. The molecule has 1 rings (SSSR count). The molecular weight excluding hydrogens is 244 g/mol. The van der Waals surface area contributed by atoms with E-state index in [0.29, 0.717) is 24.3 Å². The van der Waals surface area contributed by atoms with E-state index < -0.39 is 11.8 Å². The molecule has 19 heavy (non-hydrogen) atoms. The lowest BCUT2D eigenvalue weighted by Crippen LogP contribution is -2.38. The molecule has 0 aromatic heterocycles. The molecule has 2 amide bonds. The number of benzene rings is 1. The minimum Gasteiger partial charge on any atom is -0.347 e. The van der Waals surface area contributed by atoms with Gasteiger partial charge in [-0.1, -0.05) is 6.07 Å². The molecule has 1 aromatic carbocycles. The van der Waals surface area contributed by atoms with Gasteiger partial charge in [-0.15, -0.1) is 0 Å². The predicted molar refractivity (Wildman–Crippen MR) is 71.4 cm³/mol. The molecule has 2 N–H and O–H groups in total. The fourth-order valence-corrected chi connectivity index (χ4v) is 1.33. The van der Waals surface area contributed by atoms with Crippen LogP contribution in [0.5, 0.6) is 0 Å². The van der Waals surface area contributed by atoms with E-state index in [-0.39, 0.29) is 0 Å². The van der Waals surface area contributed by atoms with Crippen LogP contribution < -0.4 is 10.6 Å². The van der Waals surface area contributed by atoms with Gasteiger partial charge in [-0.25, -0.2) is 0 Å². The molecule has 0 atom stereocenters. The van der Waals surface area contributed by atoms with Gasteiger partial charge in [0.05, 0.1) is 11.6 Å². The van der Waals surface area contributed by atoms with E-state index in [1.54, 1.807) is 18.2 Å². The Morgan fingerprint density at radius 2 is 2.05 bits per heavy atom. The molecule has 0 heterocycles. The van der Waals surface area contributed by atoms with Gasteiger partial charge < -0.3 is 15.5 Å². The summed E-state index contributed by atoms with van der Waals surface area (Å²) >= 11 is 0. The highest BCUT2D eigenvalue weighted by Gasteiger charge is 2.13. The van der Waals surface area contributed by atoms with Gasteiger partial charge in [0.1, 0.15) is 0 Å². The topological polar surface area (TPSA) is 85.2 Å². The summed E-state index contributed by atoms with van der Waals surface area (Å²) in [5, 5.41) is 13.7. The lowest BCUT2D eigenvalue weighted by Gasteiger charge is -2.10. The number of nitriles is 1. The molecule has 0 saturated heterocycles. The van der Waals surface area contributed by atoms with Gasteiger partial charge >= 0.3 is 11.8 Å². The van der Waals surface area contributed by atoms with E-state index in [2.05, 4.69) is 10.6 Å². The first-order valence-corrected chi connectivity index (χ1v) is 5.77. The van der Waals surface area contributed by atoms with E-state index in [1.165, 1.54) is 6.07 Å². The van der Waals surface area contributed by atoms with E-state index in [4.69, 9.17) is 5.26 Å². The van der Waals surface area contributed by atoms with Crippen molar-refractivity contribution in [1.82, 2.24) is 10.2 Å². The van der Waals surface area contributed by atoms with Crippen LogP contribution in [-0.2, 0) is 9.59 Å². The number of nitrogens with one attached hydrogen (secondary N) is 2. The monoisotopic (exact) mass is 260 g/mol. The molecular formula is C13H16N4O2. The third-order valence-corrected chi connectivity index (χ3v) is 2.30. The van der Waals surface area contributed by atoms with Crippen molar-refractivity contribution >= 4 is 17.5 Å². The Morgan fingerprint density at radius 3 is 2.68 bits per heavy atom. The molecule has 0 aliphatic rings. The van der Waals surface area contributed by atoms with Crippen molar-refractivity contribution in [2.75, 3.05) is 32.5 Å². The van der Waals surface area contributed by atoms with Crippen LogP contribution in [0, 0.1) is 11.3 Å². The molecule has 0 spiro atoms. The molecule has 0 saturated carbocycles. The highest BCUT2D eigenvalue weighted by Crippen LogP contribution is 2.09. The third-order valence-electron chi connectivity index (χ3n) is 2.30. The van der Waals surface area contributed by atoms with Gasteiger partial charge in [0.15, 0.2) is 0 Å². The van der Waals surface area contributed by atoms with Gasteiger partial charge in [-0.3, -0.25) is 9.59 Å². The molecule has 0 fully saturated rings. The summed E-state index contributed by atoms with van der Waals surface area (Å²) in [6, 6.07) is 8.34. The molecule has 6 heteroatoms. The van der Waals surface area contributed by atoms with Crippen molar-refractivity contribution in [2.24, 2.45) is 0 Å². The summed E-state index contributed by atoms with van der Waals surface area (Å²) in [6.07, 6.45) is 0. The summed E-state index contributed by atoms with van der Waals surface area (Å²) in [5.74, 6) is -1.43. The Hall–Kier alpha value is -2.39. The number of carbonyl (C=O) groups is 2. The number of carbonyl (C=O) groups excluding carboxylic acids is 2. The lowest BCUT2D eigenvalue weighted by atomic mass is 10.2.